The Bertz CT molecular complexity index is 957. The highest BCUT2D eigenvalue weighted by Crippen LogP contribution is 2.22. The van der Waals surface area contributed by atoms with Gasteiger partial charge in [0.2, 0.25) is 5.82 Å². The second-order valence-corrected chi connectivity index (χ2v) is 7.80. The molecule has 8 nitrogen and oxygen atoms in total. The largest absolute Gasteiger partial charge is 0.372 e. The predicted molar refractivity (Wildman–Crippen MR) is 120 cm³/mol. The van der Waals surface area contributed by atoms with Crippen LogP contribution in [0.25, 0.3) is 0 Å². The number of carbonyl (C=O) groups excluding carboxylic acids is 2. The van der Waals surface area contributed by atoms with E-state index in [9.17, 15) is 24.1 Å². The minimum Gasteiger partial charge on any atom is -0.372 e. The molecule has 0 unspecified atom stereocenters. The molecule has 2 amide bonds. The lowest BCUT2D eigenvalue weighted by Crippen LogP contribution is -2.36. The quantitative estimate of drug-likeness (QED) is 0.294. The number of nitro benzene ring substituents is 1. The number of hydrogen-bond donors (Lipinski definition) is 2. The van der Waals surface area contributed by atoms with Crippen molar-refractivity contribution in [2.24, 2.45) is 0 Å². The van der Waals surface area contributed by atoms with Crippen LogP contribution in [0, 0.1) is 15.9 Å². The molecule has 1 saturated heterocycles. The summed E-state index contributed by atoms with van der Waals surface area (Å²) in [5.41, 5.74) is 1.59. The summed E-state index contributed by atoms with van der Waals surface area (Å²) in [6.45, 7) is 2.50. The number of nitrogens with one attached hydrogen (secondary N) is 2. The van der Waals surface area contributed by atoms with Gasteiger partial charge in [0.05, 0.1) is 4.92 Å². The summed E-state index contributed by atoms with van der Waals surface area (Å²) in [5.74, 6) is -2.84. The second-order valence-electron chi connectivity index (χ2n) is 7.80. The van der Waals surface area contributed by atoms with Gasteiger partial charge >= 0.3 is 17.5 Å². The van der Waals surface area contributed by atoms with Crippen molar-refractivity contribution < 1.29 is 18.9 Å². The highest BCUT2D eigenvalue weighted by Gasteiger charge is 2.18. The van der Waals surface area contributed by atoms with Crippen molar-refractivity contribution in [3.63, 3.8) is 0 Å². The summed E-state index contributed by atoms with van der Waals surface area (Å²) in [5, 5.41) is 15.5. The van der Waals surface area contributed by atoms with E-state index >= 15 is 0 Å². The molecule has 0 aromatic heterocycles. The second kappa shape index (κ2) is 11.2. The molecule has 1 heterocycles. The predicted octanol–water partition coefficient (Wildman–Crippen LogP) is 3.80. The van der Waals surface area contributed by atoms with Crippen LogP contribution in [0.15, 0.2) is 42.5 Å². The number of nitro groups is 1. The van der Waals surface area contributed by atoms with Gasteiger partial charge in [-0.15, -0.1) is 0 Å². The third-order valence-corrected chi connectivity index (χ3v) is 5.44. The van der Waals surface area contributed by atoms with Crippen LogP contribution >= 0.6 is 0 Å². The normalized spacial score (nSPS) is 13.8. The van der Waals surface area contributed by atoms with E-state index in [4.69, 9.17) is 0 Å². The number of amides is 2. The van der Waals surface area contributed by atoms with Crippen molar-refractivity contribution in [2.75, 3.05) is 29.9 Å². The monoisotopic (exact) mass is 442 g/mol. The number of carbonyl (C=O) groups is 2. The molecular formula is C23H27FN4O4. The van der Waals surface area contributed by atoms with Gasteiger partial charge < -0.3 is 15.5 Å². The molecular weight excluding hydrogens is 415 g/mol. The van der Waals surface area contributed by atoms with E-state index in [0.29, 0.717) is 13.0 Å². The van der Waals surface area contributed by atoms with Gasteiger partial charge in [0.15, 0.2) is 0 Å². The van der Waals surface area contributed by atoms with Gasteiger partial charge in [-0.3, -0.25) is 19.7 Å². The lowest BCUT2D eigenvalue weighted by atomic mass is 10.1. The minimum absolute atomic E-state index is 0.0252. The number of benzene rings is 2. The number of anilines is 2. The highest BCUT2D eigenvalue weighted by atomic mass is 19.1. The maximum Gasteiger partial charge on any atom is 0.313 e. The number of nitrogens with zero attached hydrogens (tertiary/aromatic N) is 2. The zero-order valence-electron chi connectivity index (χ0n) is 17.8. The summed E-state index contributed by atoms with van der Waals surface area (Å²) in [4.78, 5) is 36.2. The summed E-state index contributed by atoms with van der Waals surface area (Å²) < 4.78 is 13.4. The summed E-state index contributed by atoms with van der Waals surface area (Å²) in [6, 6.07) is 11.3. The zero-order valence-corrected chi connectivity index (χ0v) is 17.8. The van der Waals surface area contributed by atoms with Crippen molar-refractivity contribution in [2.45, 2.75) is 38.5 Å². The van der Waals surface area contributed by atoms with Gasteiger partial charge in [-0.25, -0.2) is 0 Å². The Kier molecular flexibility index (Phi) is 8.13. The molecule has 32 heavy (non-hydrogen) atoms. The van der Waals surface area contributed by atoms with Crippen molar-refractivity contribution in [3.8, 4) is 0 Å². The Morgan fingerprint density at radius 2 is 1.69 bits per heavy atom. The molecule has 9 heteroatoms. The average Bonchev–Trinajstić information content (AvgIpc) is 3.07. The third kappa shape index (κ3) is 6.50. The van der Waals surface area contributed by atoms with E-state index < -0.39 is 28.2 Å². The Morgan fingerprint density at radius 3 is 2.34 bits per heavy atom. The van der Waals surface area contributed by atoms with Crippen LogP contribution in [0.4, 0.5) is 21.5 Å². The van der Waals surface area contributed by atoms with Gasteiger partial charge in [0.25, 0.3) is 0 Å². The Hall–Kier alpha value is -3.49. The molecule has 0 aliphatic carbocycles. The molecule has 0 radical (unpaired) electrons. The number of hydrogen-bond acceptors (Lipinski definition) is 5. The number of halogens is 1. The van der Waals surface area contributed by atoms with Gasteiger partial charge in [0.1, 0.15) is 0 Å². The number of rotatable bonds is 7. The maximum absolute atomic E-state index is 13.4. The molecule has 2 N–H and O–H groups in total. The van der Waals surface area contributed by atoms with Crippen molar-refractivity contribution in [1.82, 2.24) is 5.32 Å². The van der Waals surface area contributed by atoms with Crippen LogP contribution in [0.3, 0.4) is 0 Å². The SMILES string of the molecule is O=C(NCCCc1ccc(N2CCCCCC2)cc1)C(=O)Nc1ccc(F)c([N+](=O)[O-])c1. The van der Waals surface area contributed by atoms with Gasteiger partial charge in [-0.1, -0.05) is 25.0 Å². The van der Waals surface area contributed by atoms with Crippen molar-refractivity contribution >= 4 is 28.9 Å². The zero-order chi connectivity index (χ0) is 22.9. The first-order chi connectivity index (χ1) is 15.4. The van der Waals surface area contributed by atoms with E-state index in [1.807, 2.05) is 0 Å². The molecule has 1 fully saturated rings. The fourth-order valence-electron chi connectivity index (χ4n) is 3.70. The third-order valence-electron chi connectivity index (χ3n) is 5.44. The molecule has 0 spiro atoms. The molecule has 0 saturated carbocycles. The Balaban J connectivity index is 1.41. The molecule has 0 atom stereocenters. The van der Waals surface area contributed by atoms with E-state index in [0.717, 1.165) is 43.3 Å². The Morgan fingerprint density at radius 1 is 1.00 bits per heavy atom. The first-order valence-corrected chi connectivity index (χ1v) is 10.8. The van der Waals surface area contributed by atoms with Crippen LogP contribution in [-0.4, -0.2) is 36.4 Å². The fourth-order valence-corrected chi connectivity index (χ4v) is 3.70. The fraction of sp³-hybridized carbons (Fsp3) is 0.391. The first-order valence-electron chi connectivity index (χ1n) is 10.8. The summed E-state index contributed by atoms with van der Waals surface area (Å²) in [6.07, 6.45) is 6.46. The van der Waals surface area contributed by atoms with Gasteiger partial charge in [-0.2, -0.15) is 4.39 Å². The van der Waals surface area contributed by atoms with Crippen molar-refractivity contribution in [1.29, 1.82) is 0 Å². The van der Waals surface area contributed by atoms with E-state index in [1.165, 1.54) is 31.4 Å². The van der Waals surface area contributed by atoms with E-state index in [-0.39, 0.29) is 5.69 Å². The number of aryl methyl sites for hydroxylation is 1. The maximum atomic E-state index is 13.4. The topological polar surface area (TPSA) is 105 Å². The average molecular weight is 442 g/mol. The van der Waals surface area contributed by atoms with Crippen LogP contribution in [0.5, 0.6) is 0 Å². The van der Waals surface area contributed by atoms with Gasteiger partial charge in [-0.05, 0) is 55.5 Å². The van der Waals surface area contributed by atoms with Crippen LogP contribution < -0.4 is 15.5 Å². The lowest BCUT2D eigenvalue weighted by molar-refractivity contribution is -0.387. The Labute approximate surface area is 185 Å². The summed E-state index contributed by atoms with van der Waals surface area (Å²) >= 11 is 0. The van der Waals surface area contributed by atoms with Crippen LogP contribution in [0.1, 0.15) is 37.7 Å². The standard InChI is InChI=1S/C23H27FN4O4/c24-20-12-9-18(16-21(20)28(31)32)26-23(30)22(29)25-13-5-6-17-7-10-19(11-8-17)27-14-3-1-2-4-15-27/h7-12,16H,1-6,13-15H2,(H,25,29)(H,26,30). The molecule has 1 aliphatic rings. The molecule has 0 bridgehead atoms. The van der Waals surface area contributed by atoms with Crippen molar-refractivity contribution in [3.05, 3.63) is 64.0 Å². The highest BCUT2D eigenvalue weighted by molar-refractivity contribution is 6.39. The molecule has 1 aliphatic heterocycles. The molecule has 3 rings (SSSR count). The first kappa shape index (κ1) is 23.2. The smallest absolute Gasteiger partial charge is 0.313 e. The lowest BCUT2D eigenvalue weighted by Gasteiger charge is -2.22. The van der Waals surface area contributed by atoms with E-state index in [1.54, 1.807) is 0 Å². The molecule has 2 aromatic carbocycles. The van der Waals surface area contributed by atoms with Crippen LogP contribution in [0.2, 0.25) is 0 Å². The van der Waals surface area contributed by atoms with E-state index in [2.05, 4.69) is 39.8 Å². The van der Waals surface area contributed by atoms with Crippen LogP contribution in [-0.2, 0) is 16.0 Å². The minimum atomic E-state index is -1.02. The summed E-state index contributed by atoms with van der Waals surface area (Å²) in [7, 11) is 0. The molecule has 170 valence electrons. The van der Waals surface area contributed by atoms with Gasteiger partial charge in [0, 0.05) is 37.1 Å². The molecule has 2 aromatic rings.